The lowest BCUT2D eigenvalue weighted by Crippen LogP contribution is -2.36. The minimum atomic E-state index is 0.467. The Bertz CT molecular complexity index is 387. The van der Waals surface area contributed by atoms with Crippen LogP contribution < -0.4 is 5.73 Å². The first kappa shape index (κ1) is 13.1. The predicted molar refractivity (Wildman–Crippen MR) is 70.7 cm³/mol. The van der Waals surface area contributed by atoms with Gasteiger partial charge in [0.05, 0.1) is 10.7 Å². The Kier molecular flexibility index (Phi) is 4.90. The summed E-state index contributed by atoms with van der Waals surface area (Å²) in [6.45, 7) is 5.68. The van der Waals surface area contributed by atoms with Gasteiger partial charge in [-0.15, -0.1) is 0 Å². The molecule has 1 aromatic carbocycles. The molecule has 16 heavy (non-hydrogen) atoms. The Hall–Kier alpha value is -0.930. The van der Waals surface area contributed by atoms with Crippen LogP contribution in [-0.2, 0) is 0 Å². The lowest BCUT2D eigenvalue weighted by Gasteiger charge is -2.19. The molecule has 3 nitrogen and oxygen atoms in total. The highest BCUT2D eigenvalue weighted by Crippen LogP contribution is 2.27. The summed E-state index contributed by atoms with van der Waals surface area (Å²) in [6, 6.07) is 5.14. The lowest BCUT2D eigenvalue weighted by atomic mass is 10.3. The summed E-state index contributed by atoms with van der Waals surface area (Å²) in [5, 5.41) is 1.09. The quantitative estimate of drug-likeness (QED) is 0.669. The molecular formula is C11H15Cl2N3. The molecule has 0 spiro atoms. The van der Waals surface area contributed by atoms with Crippen molar-refractivity contribution in [3.05, 3.63) is 28.2 Å². The van der Waals surface area contributed by atoms with Crippen molar-refractivity contribution in [2.45, 2.75) is 13.8 Å². The first-order valence-electron chi connectivity index (χ1n) is 5.12. The maximum atomic E-state index is 6.00. The second-order valence-electron chi connectivity index (χ2n) is 3.24. The largest absolute Gasteiger partial charge is 0.369 e. The van der Waals surface area contributed by atoms with E-state index in [1.54, 1.807) is 18.2 Å². The van der Waals surface area contributed by atoms with Crippen molar-refractivity contribution in [2.75, 3.05) is 13.1 Å². The summed E-state index contributed by atoms with van der Waals surface area (Å²) in [4.78, 5) is 6.22. The van der Waals surface area contributed by atoms with Crippen LogP contribution >= 0.6 is 23.2 Å². The number of nitrogens with zero attached hydrogens (tertiary/aromatic N) is 2. The van der Waals surface area contributed by atoms with E-state index in [-0.39, 0.29) is 0 Å². The summed E-state index contributed by atoms with van der Waals surface area (Å²) < 4.78 is 0. The maximum Gasteiger partial charge on any atom is 0.196 e. The average Bonchev–Trinajstić information content (AvgIpc) is 2.24. The zero-order valence-corrected chi connectivity index (χ0v) is 10.9. The second-order valence-corrected chi connectivity index (χ2v) is 4.08. The summed E-state index contributed by atoms with van der Waals surface area (Å²) in [7, 11) is 0. The first-order chi connectivity index (χ1) is 7.58. The number of hydrogen-bond donors (Lipinski definition) is 1. The van der Waals surface area contributed by atoms with Crippen LogP contribution in [0.5, 0.6) is 0 Å². The highest BCUT2D eigenvalue weighted by Gasteiger charge is 2.05. The Balaban J connectivity index is 2.97. The van der Waals surface area contributed by atoms with Gasteiger partial charge in [0.1, 0.15) is 0 Å². The summed E-state index contributed by atoms with van der Waals surface area (Å²) >= 11 is 11.8. The number of rotatable bonds is 3. The Morgan fingerprint density at radius 1 is 1.31 bits per heavy atom. The third-order valence-corrected chi connectivity index (χ3v) is 2.77. The van der Waals surface area contributed by atoms with Crippen LogP contribution in [0.2, 0.25) is 10.0 Å². The fraction of sp³-hybridized carbons (Fsp3) is 0.364. The van der Waals surface area contributed by atoms with Crippen molar-refractivity contribution in [1.29, 1.82) is 0 Å². The zero-order valence-electron chi connectivity index (χ0n) is 9.37. The van der Waals surface area contributed by atoms with Crippen molar-refractivity contribution in [2.24, 2.45) is 10.7 Å². The van der Waals surface area contributed by atoms with Crippen LogP contribution in [0, 0.1) is 0 Å². The average molecular weight is 260 g/mol. The second kappa shape index (κ2) is 5.97. The molecule has 0 heterocycles. The molecule has 1 rings (SSSR count). The van der Waals surface area contributed by atoms with E-state index in [0.29, 0.717) is 21.7 Å². The van der Waals surface area contributed by atoms with E-state index in [4.69, 9.17) is 28.9 Å². The van der Waals surface area contributed by atoms with Crippen molar-refractivity contribution in [3.8, 4) is 0 Å². The summed E-state index contributed by atoms with van der Waals surface area (Å²) in [5.41, 5.74) is 6.50. The highest BCUT2D eigenvalue weighted by molar-refractivity contribution is 6.36. The van der Waals surface area contributed by atoms with Gasteiger partial charge in [0.15, 0.2) is 5.96 Å². The molecule has 0 saturated heterocycles. The van der Waals surface area contributed by atoms with Crippen molar-refractivity contribution in [1.82, 2.24) is 4.90 Å². The Morgan fingerprint density at radius 2 is 1.94 bits per heavy atom. The Labute approximate surface area is 106 Å². The van der Waals surface area contributed by atoms with Crippen LogP contribution in [0.15, 0.2) is 23.2 Å². The van der Waals surface area contributed by atoms with Gasteiger partial charge in [-0.3, -0.25) is 0 Å². The van der Waals surface area contributed by atoms with E-state index in [1.807, 2.05) is 18.7 Å². The molecule has 0 saturated carbocycles. The number of aliphatic imine (C=N–C) groups is 1. The van der Waals surface area contributed by atoms with Gasteiger partial charge >= 0.3 is 0 Å². The number of guanidine groups is 1. The molecule has 0 aliphatic rings. The van der Waals surface area contributed by atoms with Crippen LogP contribution in [0.4, 0.5) is 5.69 Å². The van der Waals surface area contributed by atoms with Crippen LogP contribution in [0.3, 0.4) is 0 Å². The van der Waals surface area contributed by atoms with E-state index < -0.39 is 0 Å². The minimum Gasteiger partial charge on any atom is -0.369 e. The predicted octanol–water partition coefficient (Wildman–Crippen LogP) is 3.28. The van der Waals surface area contributed by atoms with Gasteiger partial charge in [-0.1, -0.05) is 23.2 Å². The number of hydrogen-bond acceptors (Lipinski definition) is 1. The third kappa shape index (κ3) is 3.29. The molecule has 0 atom stereocenters. The lowest BCUT2D eigenvalue weighted by molar-refractivity contribution is 0.460. The Morgan fingerprint density at radius 3 is 2.44 bits per heavy atom. The fourth-order valence-electron chi connectivity index (χ4n) is 1.31. The molecular weight excluding hydrogens is 245 g/mol. The van der Waals surface area contributed by atoms with Gasteiger partial charge in [-0.05, 0) is 32.0 Å². The molecule has 0 amide bonds. The van der Waals surface area contributed by atoms with Gasteiger partial charge in [-0.25, -0.2) is 4.99 Å². The van der Waals surface area contributed by atoms with Crippen molar-refractivity contribution in [3.63, 3.8) is 0 Å². The molecule has 1 aromatic rings. The molecule has 0 aliphatic heterocycles. The molecule has 0 aliphatic carbocycles. The minimum absolute atomic E-state index is 0.467. The van der Waals surface area contributed by atoms with Gasteiger partial charge in [-0.2, -0.15) is 0 Å². The zero-order chi connectivity index (χ0) is 12.1. The smallest absolute Gasteiger partial charge is 0.196 e. The van der Waals surface area contributed by atoms with Gasteiger partial charge in [0, 0.05) is 18.1 Å². The molecule has 2 N–H and O–H groups in total. The number of benzene rings is 1. The molecule has 0 unspecified atom stereocenters. The standard InChI is InChI=1S/C11H15Cl2N3/c1-3-16(4-2)11(14)15-10-6-5-8(12)7-9(10)13/h5-7H,3-4H2,1-2H3,(H2,14,15). The van der Waals surface area contributed by atoms with Gasteiger partial charge in [0.2, 0.25) is 0 Å². The molecule has 5 heteroatoms. The van der Waals surface area contributed by atoms with E-state index in [9.17, 15) is 0 Å². The molecule has 88 valence electrons. The molecule has 0 aromatic heterocycles. The van der Waals surface area contributed by atoms with E-state index in [0.717, 1.165) is 13.1 Å². The maximum absolute atomic E-state index is 6.00. The molecule has 0 radical (unpaired) electrons. The molecule has 0 fully saturated rings. The number of nitrogens with two attached hydrogens (primary N) is 1. The van der Waals surface area contributed by atoms with Crippen molar-refractivity contribution < 1.29 is 0 Å². The summed E-state index contributed by atoms with van der Waals surface area (Å²) in [5.74, 6) is 0.467. The number of halogens is 2. The van der Waals surface area contributed by atoms with E-state index in [2.05, 4.69) is 4.99 Å². The van der Waals surface area contributed by atoms with E-state index >= 15 is 0 Å². The van der Waals surface area contributed by atoms with E-state index in [1.165, 1.54) is 0 Å². The van der Waals surface area contributed by atoms with Gasteiger partial charge in [0.25, 0.3) is 0 Å². The highest BCUT2D eigenvalue weighted by atomic mass is 35.5. The van der Waals surface area contributed by atoms with Crippen molar-refractivity contribution >= 4 is 34.8 Å². The third-order valence-electron chi connectivity index (χ3n) is 2.23. The van der Waals surface area contributed by atoms with Crippen LogP contribution in [0.25, 0.3) is 0 Å². The van der Waals surface area contributed by atoms with Gasteiger partial charge < -0.3 is 10.6 Å². The monoisotopic (exact) mass is 259 g/mol. The van der Waals surface area contributed by atoms with Crippen LogP contribution in [-0.4, -0.2) is 23.9 Å². The topological polar surface area (TPSA) is 41.6 Å². The normalized spacial score (nSPS) is 11.6. The fourth-order valence-corrected chi connectivity index (χ4v) is 1.76. The SMILES string of the molecule is CCN(CC)C(N)=Nc1ccc(Cl)cc1Cl. The van der Waals surface area contributed by atoms with Crippen LogP contribution in [0.1, 0.15) is 13.8 Å². The molecule has 0 bridgehead atoms. The first-order valence-corrected chi connectivity index (χ1v) is 5.88. The summed E-state index contributed by atoms with van der Waals surface area (Å²) in [6.07, 6.45) is 0.